The molecule has 8 nitrogen and oxygen atoms in total. The van der Waals surface area contributed by atoms with Crippen molar-refractivity contribution in [3.63, 3.8) is 0 Å². The highest BCUT2D eigenvalue weighted by Crippen LogP contribution is 2.36. The zero-order valence-corrected chi connectivity index (χ0v) is 15.5. The van der Waals surface area contributed by atoms with E-state index in [-0.39, 0.29) is 41.3 Å². The lowest BCUT2D eigenvalue weighted by Crippen LogP contribution is -2.38. The highest BCUT2D eigenvalue weighted by atomic mass is 16.6. The number of hydrogen-bond acceptors (Lipinski definition) is 6. The van der Waals surface area contributed by atoms with Crippen LogP contribution in [0.25, 0.3) is 0 Å². The summed E-state index contributed by atoms with van der Waals surface area (Å²) in [6.07, 6.45) is 4.02. The second kappa shape index (κ2) is 9.38. The van der Waals surface area contributed by atoms with Gasteiger partial charge in [0.05, 0.1) is 24.7 Å². The fourth-order valence-electron chi connectivity index (χ4n) is 3.32. The van der Waals surface area contributed by atoms with Crippen molar-refractivity contribution in [2.24, 2.45) is 0 Å². The van der Waals surface area contributed by atoms with Gasteiger partial charge in [0.15, 0.2) is 11.5 Å². The molecule has 1 aliphatic carbocycles. The van der Waals surface area contributed by atoms with Crippen LogP contribution in [0.5, 0.6) is 11.5 Å². The van der Waals surface area contributed by atoms with Crippen LogP contribution in [0.1, 0.15) is 43.0 Å². The van der Waals surface area contributed by atoms with Crippen molar-refractivity contribution in [3.05, 3.63) is 27.8 Å². The molecule has 1 saturated carbocycles. The van der Waals surface area contributed by atoms with E-state index in [9.17, 15) is 14.9 Å². The van der Waals surface area contributed by atoms with Crippen molar-refractivity contribution < 1.29 is 23.9 Å². The molecular formula is C18H26N2O6. The number of rotatable bonds is 9. The summed E-state index contributed by atoms with van der Waals surface area (Å²) in [6.45, 7) is 2.96. The Morgan fingerprint density at radius 2 is 1.92 bits per heavy atom. The molecule has 0 radical (unpaired) electrons. The molecule has 26 heavy (non-hydrogen) atoms. The standard InChI is InChI=1S/C18H26N2O6/c1-4-19(13-7-5-6-8-13)18(21)14-11-16(25-3)17(26-10-9-24-2)12-15(14)20(22)23/h11-13H,4-10H2,1-3H3. The fraction of sp³-hybridized carbons (Fsp3) is 0.611. The molecule has 0 N–H and O–H groups in total. The number of carbonyl (C=O) groups excluding carboxylic acids is 1. The van der Waals surface area contributed by atoms with Gasteiger partial charge >= 0.3 is 0 Å². The van der Waals surface area contributed by atoms with Crippen LogP contribution < -0.4 is 9.47 Å². The Labute approximate surface area is 153 Å². The van der Waals surface area contributed by atoms with Gasteiger partial charge in [-0.25, -0.2) is 0 Å². The lowest BCUT2D eigenvalue weighted by Gasteiger charge is -2.27. The number of nitro groups is 1. The minimum Gasteiger partial charge on any atom is -0.493 e. The van der Waals surface area contributed by atoms with Crippen molar-refractivity contribution in [2.45, 2.75) is 38.6 Å². The van der Waals surface area contributed by atoms with Crippen LogP contribution in [-0.4, -0.2) is 55.8 Å². The molecule has 0 spiro atoms. The molecule has 0 aromatic heterocycles. The zero-order chi connectivity index (χ0) is 19.1. The third-order valence-electron chi connectivity index (χ3n) is 4.62. The maximum absolute atomic E-state index is 13.0. The minimum absolute atomic E-state index is 0.0275. The molecule has 0 unspecified atom stereocenters. The van der Waals surface area contributed by atoms with E-state index in [1.807, 2.05) is 6.92 Å². The molecule has 0 saturated heterocycles. The first-order chi connectivity index (χ1) is 12.5. The predicted molar refractivity (Wildman–Crippen MR) is 96.0 cm³/mol. The Bertz CT molecular complexity index is 643. The first-order valence-corrected chi connectivity index (χ1v) is 8.82. The van der Waals surface area contributed by atoms with Gasteiger partial charge in [-0.3, -0.25) is 14.9 Å². The number of ether oxygens (including phenoxy) is 3. The summed E-state index contributed by atoms with van der Waals surface area (Å²) in [6, 6.07) is 2.79. The highest BCUT2D eigenvalue weighted by molar-refractivity contribution is 5.99. The van der Waals surface area contributed by atoms with Gasteiger partial charge in [0.2, 0.25) is 0 Å². The van der Waals surface area contributed by atoms with Crippen LogP contribution in [0.15, 0.2) is 12.1 Å². The molecule has 1 aliphatic rings. The van der Waals surface area contributed by atoms with Gasteiger partial charge in [0.1, 0.15) is 12.2 Å². The van der Waals surface area contributed by atoms with E-state index in [0.717, 1.165) is 25.7 Å². The van der Waals surface area contributed by atoms with Crippen LogP contribution in [0, 0.1) is 10.1 Å². The number of carbonyl (C=O) groups is 1. The third kappa shape index (κ3) is 4.43. The molecule has 0 aliphatic heterocycles. The molecule has 1 amide bonds. The molecule has 0 atom stereocenters. The summed E-state index contributed by atoms with van der Waals surface area (Å²) in [7, 11) is 2.97. The lowest BCUT2D eigenvalue weighted by molar-refractivity contribution is -0.385. The van der Waals surface area contributed by atoms with E-state index < -0.39 is 4.92 Å². The Morgan fingerprint density at radius 3 is 2.46 bits per heavy atom. The maximum atomic E-state index is 13.0. The molecule has 1 aromatic carbocycles. The number of benzene rings is 1. The van der Waals surface area contributed by atoms with Crippen molar-refractivity contribution in [3.8, 4) is 11.5 Å². The molecule has 0 heterocycles. The van der Waals surface area contributed by atoms with Crippen molar-refractivity contribution in [2.75, 3.05) is 34.0 Å². The van der Waals surface area contributed by atoms with Crippen molar-refractivity contribution >= 4 is 11.6 Å². The fourth-order valence-corrected chi connectivity index (χ4v) is 3.32. The lowest BCUT2D eigenvalue weighted by atomic mass is 10.1. The van der Waals surface area contributed by atoms with Crippen LogP contribution in [0.2, 0.25) is 0 Å². The SMILES string of the molecule is CCN(C(=O)c1cc(OC)c(OCCOC)cc1[N+](=O)[O-])C1CCCC1. The molecule has 0 bridgehead atoms. The quantitative estimate of drug-likeness (QED) is 0.379. The Morgan fingerprint density at radius 1 is 1.23 bits per heavy atom. The van der Waals surface area contributed by atoms with Gasteiger partial charge in [-0.15, -0.1) is 0 Å². The van der Waals surface area contributed by atoms with Gasteiger partial charge in [0.25, 0.3) is 11.6 Å². The van der Waals surface area contributed by atoms with Gasteiger partial charge in [-0.1, -0.05) is 12.8 Å². The predicted octanol–water partition coefficient (Wildman–Crippen LogP) is 3.03. The maximum Gasteiger partial charge on any atom is 0.286 e. The molecule has 8 heteroatoms. The molecule has 144 valence electrons. The number of nitro benzene ring substituents is 1. The smallest absolute Gasteiger partial charge is 0.286 e. The van der Waals surface area contributed by atoms with E-state index in [0.29, 0.717) is 13.2 Å². The normalized spacial score (nSPS) is 14.3. The number of hydrogen-bond donors (Lipinski definition) is 0. The topological polar surface area (TPSA) is 91.1 Å². The average molecular weight is 366 g/mol. The van der Waals surface area contributed by atoms with E-state index in [4.69, 9.17) is 14.2 Å². The van der Waals surface area contributed by atoms with Crippen molar-refractivity contribution in [1.82, 2.24) is 4.90 Å². The van der Waals surface area contributed by atoms with Crippen LogP contribution in [-0.2, 0) is 4.74 Å². The third-order valence-corrected chi connectivity index (χ3v) is 4.62. The second-order valence-corrected chi connectivity index (χ2v) is 6.15. The largest absolute Gasteiger partial charge is 0.493 e. The molecule has 1 aromatic rings. The summed E-state index contributed by atoms with van der Waals surface area (Å²) in [5.74, 6) is 0.169. The van der Waals surface area contributed by atoms with Gasteiger partial charge in [0, 0.05) is 25.8 Å². The van der Waals surface area contributed by atoms with E-state index in [2.05, 4.69) is 0 Å². The molecular weight excluding hydrogens is 340 g/mol. The summed E-state index contributed by atoms with van der Waals surface area (Å²) in [5, 5.41) is 11.6. The average Bonchev–Trinajstić information content (AvgIpc) is 3.16. The summed E-state index contributed by atoms with van der Waals surface area (Å²) >= 11 is 0. The Hall–Kier alpha value is -2.35. The van der Waals surface area contributed by atoms with Gasteiger partial charge < -0.3 is 19.1 Å². The summed E-state index contributed by atoms with van der Waals surface area (Å²) in [4.78, 5) is 25.8. The zero-order valence-electron chi connectivity index (χ0n) is 15.5. The number of nitrogens with zero attached hydrogens (tertiary/aromatic N) is 2. The molecule has 1 fully saturated rings. The number of amides is 1. The van der Waals surface area contributed by atoms with E-state index >= 15 is 0 Å². The van der Waals surface area contributed by atoms with Crippen LogP contribution >= 0.6 is 0 Å². The second-order valence-electron chi connectivity index (χ2n) is 6.15. The minimum atomic E-state index is -0.557. The Kier molecular flexibility index (Phi) is 7.20. The van der Waals surface area contributed by atoms with Crippen LogP contribution in [0.3, 0.4) is 0 Å². The highest BCUT2D eigenvalue weighted by Gasteiger charge is 2.32. The Balaban J connectivity index is 2.38. The summed E-state index contributed by atoms with van der Waals surface area (Å²) in [5.41, 5.74) is -0.251. The number of methoxy groups -OCH3 is 2. The monoisotopic (exact) mass is 366 g/mol. The first-order valence-electron chi connectivity index (χ1n) is 8.82. The van der Waals surface area contributed by atoms with Gasteiger partial charge in [-0.05, 0) is 19.8 Å². The van der Waals surface area contributed by atoms with Gasteiger partial charge in [-0.2, -0.15) is 0 Å². The van der Waals surface area contributed by atoms with Crippen molar-refractivity contribution in [1.29, 1.82) is 0 Å². The van der Waals surface area contributed by atoms with Crippen LogP contribution in [0.4, 0.5) is 5.69 Å². The molecule has 2 rings (SSSR count). The van der Waals surface area contributed by atoms with E-state index in [1.165, 1.54) is 26.4 Å². The van der Waals surface area contributed by atoms with E-state index in [1.54, 1.807) is 4.90 Å². The first kappa shape index (κ1) is 20.0. The summed E-state index contributed by atoms with van der Waals surface area (Å²) < 4.78 is 15.7.